The number of rotatable bonds is 4. The summed E-state index contributed by atoms with van der Waals surface area (Å²) in [4.78, 5) is 14.2. The summed E-state index contributed by atoms with van der Waals surface area (Å²) in [5, 5.41) is 8.88. The van der Waals surface area contributed by atoms with Gasteiger partial charge < -0.3 is 4.90 Å². The van der Waals surface area contributed by atoms with Gasteiger partial charge in [-0.3, -0.25) is 14.2 Å². The largest absolute Gasteiger partial charge is 0.336 e. The molecule has 2 rings (SSSR count). The molecular formula is C14H20ClN5O. The van der Waals surface area contributed by atoms with E-state index in [1.165, 1.54) is 4.68 Å². The molecule has 7 heteroatoms. The van der Waals surface area contributed by atoms with E-state index in [1.807, 2.05) is 18.5 Å². The molecule has 2 heterocycles. The van der Waals surface area contributed by atoms with Crippen LogP contribution in [-0.2, 0) is 20.1 Å². The van der Waals surface area contributed by atoms with Crippen LogP contribution < -0.4 is 0 Å². The van der Waals surface area contributed by atoms with Gasteiger partial charge in [-0.25, -0.2) is 0 Å². The van der Waals surface area contributed by atoms with E-state index in [9.17, 15) is 4.79 Å². The summed E-state index contributed by atoms with van der Waals surface area (Å²) in [6, 6.07) is 0. The van der Waals surface area contributed by atoms with Crippen LogP contribution in [0.15, 0.2) is 6.20 Å². The summed E-state index contributed by atoms with van der Waals surface area (Å²) >= 11 is 6.17. The molecule has 0 saturated heterocycles. The smallest absolute Gasteiger partial charge is 0.273 e. The first-order valence-corrected chi connectivity index (χ1v) is 7.20. The predicted octanol–water partition coefficient (Wildman–Crippen LogP) is 2.18. The van der Waals surface area contributed by atoms with E-state index in [-0.39, 0.29) is 5.91 Å². The van der Waals surface area contributed by atoms with Crippen molar-refractivity contribution in [3.63, 3.8) is 0 Å². The molecule has 1 amide bonds. The summed E-state index contributed by atoms with van der Waals surface area (Å²) in [7, 11) is 3.48. The molecule has 0 atom stereocenters. The lowest BCUT2D eigenvalue weighted by Crippen LogP contribution is -2.28. The third kappa shape index (κ3) is 2.81. The van der Waals surface area contributed by atoms with Gasteiger partial charge in [0.25, 0.3) is 5.91 Å². The second kappa shape index (κ2) is 5.89. The van der Waals surface area contributed by atoms with Crippen molar-refractivity contribution in [2.75, 3.05) is 7.05 Å². The minimum atomic E-state index is -0.147. The van der Waals surface area contributed by atoms with Crippen molar-refractivity contribution < 1.29 is 4.79 Å². The number of amides is 1. The minimum Gasteiger partial charge on any atom is -0.336 e. The fourth-order valence-electron chi connectivity index (χ4n) is 2.33. The highest BCUT2D eigenvalue weighted by Gasteiger charge is 2.22. The maximum atomic E-state index is 12.5. The number of aryl methyl sites for hydroxylation is 3. The Morgan fingerprint density at radius 2 is 2.10 bits per heavy atom. The maximum Gasteiger partial charge on any atom is 0.273 e. The molecule has 0 aromatic carbocycles. The van der Waals surface area contributed by atoms with Gasteiger partial charge in [-0.2, -0.15) is 10.2 Å². The number of hydrogen-bond acceptors (Lipinski definition) is 3. The minimum absolute atomic E-state index is 0.147. The fourth-order valence-corrected chi connectivity index (χ4v) is 2.57. The number of aromatic nitrogens is 4. The van der Waals surface area contributed by atoms with Crippen LogP contribution in [0.3, 0.4) is 0 Å². The van der Waals surface area contributed by atoms with Crippen molar-refractivity contribution in [3.05, 3.63) is 33.9 Å². The zero-order valence-electron chi connectivity index (χ0n) is 13.0. The van der Waals surface area contributed by atoms with Crippen LogP contribution in [0.1, 0.15) is 34.4 Å². The van der Waals surface area contributed by atoms with Crippen molar-refractivity contribution >= 4 is 17.5 Å². The molecule has 0 unspecified atom stereocenters. The Morgan fingerprint density at radius 1 is 1.43 bits per heavy atom. The predicted molar refractivity (Wildman–Crippen MR) is 81.4 cm³/mol. The van der Waals surface area contributed by atoms with Gasteiger partial charge in [0.1, 0.15) is 5.69 Å². The van der Waals surface area contributed by atoms with Gasteiger partial charge >= 0.3 is 0 Å². The van der Waals surface area contributed by atoms with Crippen LogP contribution in [0.2, 0.25) is 5.02 Å². The average Bonchev–Trinajstić information content (AvgIpc) is 2.90. The van der Waals surface area contributed by atoms with Crippen LogP contribution in [0, 0.1) is 13.8 Å². The third-order valence-corrected chi connectivity index (χ3v) is 4.06. The molecule has 6 nitrogen and oxygen atoms in total. The second-order valence-corrected chi connectivity index (χ2v) is 5.48. The summed E-state index contributed by atoms with van der Waals surface area (Å²) in [6.07, 6.45) is 1.80. The normalized spacial score (nSPS) is 11.0. The van der Waals surface area contributed by atoms with Gasteiger partial charge in [0, 0.05) is 38.4 Å². The monoisotopic (exact) mass is 309 g/mol. The Labute approximate surface area is 129 Å². The van der Waals surface area contributed by atoms with Crippen molar-refractivity contribution in [2.24, 2.45) is 7.05 Å². The van der Waals surface area contributed by atoms with E-state index in [0.29, 0.717) is 23.0 Å². The Morgan fingerprint density at radius 3 is 2.57 bits per heavy atom. The standard InChI is InChI=1S/C14H20ClN5O/c1-6-20-10(3)11(7-16-20)8-18(4)14(21)13-12(15)9(2)17-19(13)5/h7H,6,8H2,1-5H3. The number of halogens is 1. The molecule has 0 fully saturated rings. The first kappa shape index (κ1) is 15.6. The van der Waals surface area contributed by atoms with Gasteiger partial charge in [-0.15, -0.1) is 0 Å². The average molecular weight is 310 g/mol. The van der Waals surface area contributed by atoms with E-state index in [4.69, 9.17) is 11.6 Å². The Hall–Kier alpha value is -1.82. The lowest BCUT2D eigenvalue weighted by atomic mass is 10.2. The molecule has 0 bridgehead atoms. The number of carbonyl (C=O) groups is 1. The summed E-state index contributed by atoms with van der Waals surface area (Å²) in [5.41, 5.74) is 3.18. The van der Waals surface area contributed by atoms with Gasteiger partial charge in [-0.1, -0.05) is 11.6 Å². The number of nitrogens with zero attached hydrogens (tertiary/aromatic N) is 5. The fraction of sp³-hybridized carbons (Fsp3) is 0.500. The molecule has 0 radical (unpaired) electrons. The van der Waals surface area contributed by atoms with Gasteiger partial charge in [-0.05, 0) is 20.8 Å². The van der Waals surface area contributed by atoms with Crippen molar-refractivity contribution in [3.8, 4) is 0 Å². The van der Waals surface area contributed by atoms with Crippen LogP contribution >= 0.6 is 11.6 Å². The van der Waals surface area contributed by atoms with E-state index in [1.54, 1.807) is 32.1 Å². The molecule has 0 aliphatic carbocycles. The first-order chi connectivity index (χ1) is 9.86. The van der Waals surface area contributed by atoms with Gasteiger partial charge in [0.2, 0.25) is 0 Å². The van der Waals surface area contributed by atoms with E-state index in [2.05, 4.69) is 10.2 Å². The number of carbonyl (C=O) groups excluding carboxylic acids is 1. The molecule has 2 aromatic heterocycles. The zero-order chi connectivity index (χ0) is 15.7. The highest BCUT2D eigenvalue weighted by Crippen LogP contribution is 2.21. The van der Waals surface area contributed by atoms with Crippen molar-refractivity contribution in [2.45, 2.75) is 33.9 Å². The summed E-state index contributed by atoms with van der Waals surface area (Å²) in [6.45, 7) is 7.14. The molecule has 21 heavy (non-hydrogen) atoms. The molecule has 114 valence electrons. The number of hydrogen-bond donors (Lipinski definition) is 0. The lowest BCUT2D eigenvalue weighted by molar-refractivity contribution is 0.0774. The van der Waals surface area contributed by atoms with E-state index < -0.39 is 0 Å². The molecule has 2 aromatic rings. The van der Waals surface area contributed by atoms with Crippen LogP contribution in [0.25, 0.3) is 0 Å². The van der Waals surface area contributed by atoms with E-state index in [0.717, 1.165) is 17.8 Å². The zero-order valence-corrected chi connectivity index (χ0v) is 13.8. The highest BCUT2D eigenvalue weighted by atomic mass is 35.5. The van der Waals surface area contributed by atoms with E-state index >= 15 is 0 Å². The molecular weight excluding hydrogens is 290 g/mol. The first-order valence-electron chi connectivity index (χ1n) is 6.82. The van der Waals surface area contributed by atoms with Crippen molar-refractivity contribution in [1.82, 2.24) is 24.5 Å². The topological polar surface area (TPSA) is 56.0 Å². The summed E-state index contributed by atoms with van der Waals surface area (Å²) in [5.74, 6) is -0.147. The second-order valence-electron chi connectivity index (χ2n) is 5.10. The Balaban J connectivity index is 2.21. The molecule has 0 spiro atoms. The van der Waals surface area contributed by atoms with Crippen molar-refractivity contribution in [1.29, 1.82) is 0 Å². The van der Waals surface area contributed by atoms with Crippen LogP contribution in [0.4, 0.5) is 0 Å². The maximum absolute atomic E-state index is 12.5. The molecule has 0 saturated carbocycles. The SMILES string of the molecule is CCn1ncc(CN(C)C(=O)c2c(Cl)c(C)nn2C)c1C. The van der Waals surface area contributed by atoms with Gasteiger partial charge in [0.15, 0.2) is 0 Å². The van der Waals surface area contributed by atoms with Gasteiger partial charge in [0.05, 0.1) is 16.9 Å². The third-order valence-electron chi connectivity index (χ3n) is 3.61. The quantitative estimate of drug-likeness (QED) is 0.870. The Bertz CT molecular complexity index is 673. The summed E-state index contributed by atoms with van der Waals surface area (Å²) < 4.78 is 3.44. The van der Waals surface area contributed by atoms with Crippen LogP contribution in [-0.4, -0.2) is 37.4 Å². The van der Waals surface area contributed by atoms with Crippen LogP contribution in [0.5, 0.6) is 0 Å². The molecule has 0 N–H and O–H groups in total. The molecule has 0 aliphatic rings. The Kier molecular flexibility index (Phi) is 4.37. The molecule has 0 aliphatic heterocycles. The highest BCUT2D eigenvalue weighted by molar-refractivity contribution is 6.34. The lowest BCUT2D eigenvalue weighted by Gasteiger charge is -2.17.